The predicted molar refractivity (Wildman–Crippen MR) is 80.7 cm³/mol. The van der Waals surface area contributed by atoms with Gasteiger partial charge in [-0.2, -0.15) is 0 Å². The Kier molecular flexibility index (Phi) is 4.65. The van der Waals surface area contributed by atoms with Crippen molar-refractivity contribution in [1.82, 2.24) is 15.1 Å². The summed E-state index contributed by atoms with van der Waals surface area (Å²) in [5.41, 5.74) is 0. The van der Waals surface area contributed by atoms with E-state index in [1.165, 1.54) is 38.9 Å². The van der Waals surface area contributed by atoms with E-state index in [2.05, 4.69) is 15.1 Å². The summed E-state index contributed by atoms with van der Waals surface area (Å²) >= 11 is 0. The fraction of sp³-hybridized carbons (Fsp3) is 1.00. The average Bonchev–Trinajstić information content (AvgIpc) is 2.44. The molecule has 1 N–H and O–H groups in total. The first-order valence-corrected chi connectivity index (χ1v) is 9.85. The number of sulfone groups is 1. The molecule has 0 amide bonds. The number of nitrogens with one attached hydrogen (secondary N) is 1. The van der Waals surface area contributed by atoms with Crippen LogP contribution in [0.3, 0.4) is 0 Å². The number of piperidine rings is 1. The van der Waals surface area contributed by atoms with Crippen LogP contribution in [0.4, 0.5) is 0 Å². The molecule has 2 atom stereocenters. The molecule has 20 heavy (non-hydrogen) atoms. The maximum absolute atomic E-state index is 11.6. The Morgan fingerprint density at radius 1 is 1.15 bits per heavy atom. The second-order valence-electron chi connectivity index (χ2n) is 6.54. The quantitative estimate of drug-likeness (QED) is 0.791. The monoisotopic (exact) mass is 301 g/mol. The third-order valence-corrected chi connectivity index (χ3v) is 6.75. The Hall–Kier alpha value is -0.170. The smallest absolute Gasteiger partial charge is 0.153 e. The van der Waals surface area contributed by atoms with Crippen LogP contribution in [-0.4, -0.2) is 81.1 Å². The van der Waals surface area contributed by atoms with Crippen LogP contribution in [0.25, 0.3) is 0 Å². The van der Waals surface area contributed by atoms with Gasteiger partial charge in [-0.1, -0.05) is 6.42 Å². The molecule has 3 fully saturated rings. The Morgan fingerprint density at radius 2 is 2.05 bits per heavy atom. The first kappa shape index (κ1) is 14.8. The van der Waals surface area contributed by atoms with Crippen LogP contribution in [0, 0.1) is 0 Å². The van der Waals surface area contributed by atoms with E-state index in [-0.39, 0.29) is 6.04 Å². The number of hydrogen-bond acceptors (Lipinski definition) is 5. The molecule has 0 spiro atoms. The number of hydrogen-bond donors (Lipinski definition) is 1. The SMILES string of the molecule is O=S1(=O)CCNC(CCN2CCN3CCCCC3C2)C1. The van der Waals surface area contributed by atoms with E-state index in [1.807, 2.05) is 0 Å². The molecule has 0 radical (unpaired) electrons. The van der Waals surface area contributed by atoms with Gasteiger partial charge in [-0.15, -0.1) is 0 Å². The highest BCUT2D eigenvalue weighted by molar-refractivity contribution is 7.91. The first-order chi connectivity index (χ1) is 9.62. The normalized spacial score (nSPS) is 35.6. The Balaban J connectivity index is 1.44. The number of piperazine rings is 1. The first-order valence-electron chi connectivity index (χ1n) is 8.03. The molecule has 0 saturated carbocycles. The van der Waals surface area contributed by atoms with Gasteiger partial charge in [-0.05, 0) is 32.4 Å². The molecule has 5 nitrogen and oxygen atoms in total. The number of nitrogens with zero attached hydrogens (tertiary/aromatic N) is 2. The molecule has 3 rings (SSSR count). The Labute approximate surface area is 122 Å². The molecular weight excluding hydrogens is 274 g/mol. The molecule has 2 unspecified atom stereocenters. The lowest BCUT2D eigenvalue weighted by atomic mass is 9.99. The molecule has 116 valence electrons. The molecule has 3 aliphatic rings. The van der Waals surface area contributed by atoms with Crippen LogP contribution in [0.2, 0.25) is 0 Å². The van der Waals surface area contributed by atoms with E-state index in [0.29, 0.717) is 18.1 Å². The van der Waals surface area contributed by atoms with Crippen molar-refractivity contribution < 1.29 is 8.42 Å². The largest absolute Gasteiger partial charge is 0.312 e. The van der Waals surface area contributed by atoms with Gasteiger partial charge in [-0.3, -0.25) is 4.90 Å². The van der Waals surface area contributed by atoms with Gasteiger partial charge >= 0.3 is 0 Å². The summed E-state index contributed by atoms with van der Waals surface area (Å²) in [7, 11) is -2.79. The van der Waals surface area contributed by atoms with Gasteiger partial charge < -0.3 is 10.2 Å². The highest BCUT2D eigenvalue weighted by Gasteiger charge is 2.30. The van der Waals surface area contributed by atoms with E-state index in [9.17, 15) is 8.42 Å². The van der Waals surface area contributed by atoms with Crippen LogP contribution in [0.1, 0.15) is 25.7 Å². The van der Waals surface area contributed by atoms with Gasteiger partial charge in [0.1, 0.15) is 0 Å². The minimum absolute atomic E-state index is 0.165. The lowest BCUT2D eigenvalue weighted by Gasteiger charge is -2.44. The second kappa shape index (κ2) is 6.30. The van der Waals surface area contributed by atoms with E-state index in [0.717, 1.165) is 25.6 Å². The van der Waals surface area contributed by atoms with E-state index < -0.39 is 9.84 Å². The van der Waals surface area contributed by atoms with E-state index >= 15 is 0 Å². The van der Waals surface area contributed by atoms with Crippen molar-refractivity contribution in [2.24, 2.45) is 0 Å². The molecule has 0 bridgehead atoms. The van der Waals surface area contributed by atoms with Gasteiger partial charge in [0.05, 0.1) is 11.5 Å². The summed E-state index contributed by atoms with van der Waals surface area (Å²) in [6.07, 6.45) is 5.04. The fourth-order valence-corrected chi connectivity index (χ4v) is 5.31. The van der Waals surface area contributed by atoms with Crippen LogP contribution >= 0.6 is 0 Å². The molecule has 0 aromatic heterocycles. The van der Waals surface area contributed by atoms with Crippen molar-refractivity contribution in [3.63, 3.8) is 0 Å². The van der Waals surface area contributed by atoms with Crippen LogP contribution in [0.5, 0.6) is 0 Å². The van der Waals surface area contributed by atoms with Gasteiger partial charge in [0.15, 0.2) is 9.84 Å². The van der Waals surface area contributed by atoms with Crippen molar-refractivity contribution in [2.45, 2.75) is 37.8 Å². The zero-order valence-corrected chi connectivity index (χ0v) is 13.1. The second-order valence-corrected chi connectivity index (χ2v) is 8.77. The summed E-state index contributed by atoms with van der Waals surface area (Å²) in [5.74, 6) is 0.640. The fourth-order valence-electron chi connectivity index (χ4n) is 3.81. The number of rotatable bonds is 3. The van der Waals surface area contributed by atoms with E-state index in [1.54, 1.807) is 0 Å². The minimum atomic E-state index is -2.79. The molecule has 0 aromatic carbocycles. The summed E-state index contributed by atoms with van der Waals surface area (Å²) in [5, 5.41) is 3.35. The van der Waals surface area contributed by atoms with Crippen molar-refractivity contribution in [3.8, 4) is 0 Å². The van der Waals surface area contributed by atoms with Crippen molar-refractivity contribution >= 4 is 9.84 Å². The van der Waals surface area contributed by atoms with E-state index in [4.69, 9.17) is 0 Å². The molecule has 3 heterocycles. The molecule has 3 saturated heterocycles. The maximum atomic E-state index is 11.6. The molecular formula is C14H27N3O2S. The summed E-state index contributed by atoms with van der Waals surface area (Å²) < 4.78 is 23.3. The standard InChI is InChI=1S/C14H27N3O2S/c18-20(19)10-5-15-13(12-20)4-7-16-8-9-17-6-2-1-3-14(17)11-16/h13-15H,1-12H2. The zero-order chi connectivity index (χ0) is 14.0. The topological polar surface area (TPSA) is 52.7 Å². The van der Waals surface area contributed by atoms with Crippen LogP contribution in [-0.2, 0) is 9.84 Å². The van der Waals surface area contributed by atoms with Gasteiger partial charge in [0.2, 0.25) is 0 Å². The highest BCUT2D eigenvalue weighted by atomic mass is 32.2. The predicted octanol–water partition coefficient (Wildman–Crippen LogP) is -0.0668. The lowest BCUT2D eigenvalue weighted by Crippen LogP contribution is -2.55. The summed E-state index contributed by atoms with van der Waals surface area (Å²) in [6, 6.07) is 0.915. The van der Waals surface area contributed by atoms with Gasteiger partial charge in [-0.25, -0.2) is 8.42 Å². The average molecular weight is 301 g/mol. The molecule has 6 heteroatoms. The Bertz CT molecular complexity index is 426. The van der Waals surface area contributed by atoms with Crippen LogP contribution in [0.15, 0.2) is 0 Å². The molecule has 3 aliphatic heterocycles. The van der Waals surface area contributed by atoms with Gasteiger partial charge in [0, 0.05) is 38.3 Å². The van der Waals surface area contributed by atoms with Crippen molar-refractivity contribution in [1.29, 1.82) is 0 Å². The number of fused-ring (bicyclic) bond motifs is 1. The summed E-state index contributed by atoms with van der Waals surface area (Å²) in [6.45, 7) is 6.47. The third kappa shape index (κ3) is 3.72. The lowest BCUT2D eigenvalue weighted by molar-refractivity contribution is 0.0478. The summed E-state index contributed by atoms with van der Waals surface area (Å²) in [4.78, 5) is 5.18. The third-order valence-electron chi connectivity index (χ3n) is 5.02. The molecule has 0 aliphatic carbocycles. The maximum Gasteiger partial charge on any atom is 0.153 e. The Morgan fingerprint density at radius 3 is 2.90 bits per heavy atom. The highest BCUT2D eigenvalue weighted by Crippen LogP contribution is 2.21. The van der Waals surface area contributed by atoms with Crippen molar-refractivity contribution in [3.05, 3.63) is 0 Å². The van der Waals surface area contributed by atoms with Crippen LogP contribution < -0.4 is 5.32 Å². The molecule has 0 aromatic rings. The van der Waals surface area contributed by atoms with Gasteiger partial charge in [0.25, 0.3) is 0 Å². The minimum Gasteiger partial charge on any atom is -0.312 e. The van der Waals surface area contributed by atoms with Crippen molar-refractivity contribution in [2.75, 3.05) is 50.8 Å². The zero-order valence-electron chi connectivity index (χ0n) is 12.3.